The highest BCUT2D eigenvalue weighted by Crippen LogP contribution is 2.17. The number of rotatable bonds is 57. The van der Waals surface area contributed by atoms with E-state index in [2.05, 4.69) is 62.5 Å². The fourth-order valence-corrected chi connectivity index (χ4v) is 8.89. The van der Waals surface area contributed by atoms with Crippen LogP contribution in [0.2, 0.25) is 0 Å². The molecular formula is C64H118NO8+. The summed E-state index contributed by atoms with van der Waals surface area (Å²) in [5.41, 5.74) is 0. The number of unbranched alkanes of at least 4 members (excludes halogenated alkanes) is 34. The average Bonchev–Trinajstić information content (AvgIpc) is 3.36. The van der Waals surface area contributed by atoms with Crippen LogP contribution in [-0.2, 0) is 33.3 Å². The minimum Gasteiger partial charge on any atom is -0.477 e. The molecule has 0 aliphatic rings. The van der Waals surface area contributed by atoms with Crippen LogP contribution < -0.4 is 0 Å². The Balaban J connectivity index is 4.15. The molecule has 9 heteroatoms. The number of carbonyl (C=O) groups is 3. The molecule has 0 saturated heterocycles. The maximum absolute atomic E-state index is 12.9. The van der Waals surface area contributed by atoms with Gasteiger partial charge in [-0.1, -0.05) is 268 Å². The maximum Gasteiger partial charge on any atom is 0.361 e. The first-order valence-corrected chi connectivity index (χ1v) is 30.8. The largest absolute Gasteiger partial charge is 0.477 e. The van der Waals surface area contributed by atoms with E-state index in [0.29, 0.717) is 17.4 Å². The number of hydrogen-bond acceptors (Lipinski definition) is 7. The first kappa shape index (κ1) is 70.2. The minimum absolute atomic E-state index is 0.177. The van der Waals surface area contributed by atoms with Crippen LogP contribution in [0.15, 0.2) is 48.6 Å². The molecule has 2 atom stereocenters. The number of esters is 2. The van der Waals surface area contributed by atoms with Crippen LogP contribution in [0.5, 0.6) is 0 Å². The Morgan fingerprint density at radius 1 is 0.425 bits per heavy atom. The highest BCUT2D eigenvalue weighted by molar-refractivity contribution is 5.71. The Hall–Kier alpha value is -2.75. The Morgan fingerprint density at radius 3 is 1.16 bits per heavy atom. The smallest absolute Gasteiger partial charge is 0.361 e. The zero-order valence-electron chi connectivity index (χ0n) is 48.6. The van der Waals surface area contributed by atoms with Crippen LogP contribution in [0.3, 0.4) is 0 Å². The summed E-state index contributed by atoms with van der Waals surface area (Å²) in [6, 6.07) is 0. The Kier molecular flexibility index (Phi) is 53.4. The zero-order chi connectivity index (χ0) is 53.4. The van der Waals surface area contributed by atoms with E-state index in [-0.39, 0.29) is 38.2 Å². The van der Waals surface area contributed by atoms with Crippen molar-refractivity contribution in [1.29, 1.82) is 0 Å². The highest BCUT2D eigenvalue weighted by Gasteiger charge is 2.25. The number of likely N-dealkylation sites (N-methyl/N-ethyl adjacent to an activating group) is 1. The lowest BCUT2D eigenvalue weighted by molar-refractivity contribution is -0.870. The number of nitrogens with zero attached hydrogens (tertiary/aromatic N) is 1. The molecule has 0 aromatic carbocycles. The number of allylic oxidation sites excluding steroid dienone is 8. The number of carboxylic acids is 1. The summed E-state index contributed by atoms with van der Waals surface area (Å²) in [4.78, 5) is 37.5. The van der Waals surface area contributed by atoms with Gasteiger partial charge in [0, 0.05) is 12.8 Å². The minimum atomic E-state index is -1.51. The van der Waals surface area contributed by atoms with Gasteiger partial charge in [-0.25, -0.2) is 4.79 Å². The van der Waals surface area contributed by atoms with Crippen molar-refractivity contribution >= 4 is 17.9 Å². The van der Waals surface area contributed by atoms with Gasteiger partial charge < -0.3 is 28.5 Å². The van der Waals surface area contributed by atoms with Crippen molar-refractivity contribution in [2.24, 2.45) is 0 Å². The van der Waals surface area contributed by atoms with Crippen LogP contribution in [0.4, 0.5) is 0 Å². The average molecular weight is 1030 g/mol. The van der Waals surface area contributed by atoms with Crippen molar-refractivity contribution in [3.8, 4) is 0 Å². The van der Waals surface area contributed by atoms with Gasteiger partial charge in [-0.05, 0) is 51.4 Å². The van der Waals surface area contributed by atoms with E-state index in [4.69, 9.17) is 18.9 Å². The third kappa shape index (κ3) is 56.8. The fourth-order valence-electron chi connectivity index (χ4n) is 8.89. The normalized spacial score (nSPS) is 13.1. The second-order valence-electron chi connectivity index (χ2n) is 22.0. The van der Waals surface area contributed by atoms with Crippen molar-refractivity contribution in [3.63, 3.8) is 0 Å². The second-order valence-corrected chi connectivity index (χ2v) is 22.0. The molecule has 0 heterocycles. The third-order valence-electron chi connectivity index (χ3n) is 13.6. The zero-order valence-corrected chi connectivity index (χ0v) is 48.6. The lowest BCUT2D eigenvalue weighted by Crippen LogP contribution is -2.40. The number of hydrogen-bond donors (Lipinski definition) is 1. The van der Waals surface area contributed by atoms with Gasteiger partial charge in [0.2, 0.25) is 0 Å². The molecule has 0 aliphatic carbocycles. The van der Waals surface area contributed by atoms with Crippen LogP contribution in [-0.4, -0.2) is 87.4 Å². The van der Waals surface area contributed by atoms with Crippen LogP contribution in [0, 0.1) is 0 Å². The molecule has 0 spiro atoms. The van der Waals surface area contributed by atoms with Gasteiger partial charge >= 0.3 is 17.9 Å². The molecule has 0 aromatic heterocycles. The Labute approximate surface area is 451 Å². The van der Waals surface area contributed by atoms with E-state index in [1.54, 1.807) is 0 Å². The van der Waals surface area contributed by atoms with Crippen LogP contribution in [0.1, 0.15) is 284 Å². The molecule has 1 N–H and O–H groups in total. The molecule has 0 aromatic rings. The number of ether oxygens (including phenoxy) is 4. The fraction of sp³-hybridized carbons (Fsp3) is 0.828. The first-order chi connectivity index (χ1) is 35.6. The molecule has 0 amide bonds. The van der Waals surface area contributed by atoms with Crippen molar-refractivity contribution in [1.82, 2.24) is 0 Å². The van der Waals surface area contributed by atoms with E-state index < -0.39 is 18.4 Å². The van der Waals surface area contributed by atoms with Gasteiger partial charge in [-0.2, -0.15) is 0 Å². The van der Waals surface area contributed by atoms with Gasteiger partial charge in [0.15, 0.2) is 6.10 Å². The molecule has 9 nitrogen and oxygen atoms in total. The third-order valence-corrected chi connectivity index (χ3v) is 13.6. The van der Waals surface area contributed by atoms with E-state index >= 15 is 0 Å². The number of aliphatic carboxylic acids is 1. The van der Waals surface area contributed by atoms with Crippen LogP contribution in [0.25, 0.3) is 0 Å². The van der Waals surface area contributed by atoms with Crippen molar-refractivity contribution in [2.45, 2.75) is 296 Å². The standard InChI is InChI=1S/C64H117NO8/c1-6-8-10-12-14-16-18-20-22-24-26-27-28-29-30-31-32-33-34-35-37-39-41-43-45-47-49-51-53-55-62(67)73-60(59-72-64(63(68)69)70-57-56-65(3,4)5)58-71-61(66)54-52-50-48-46-44-42-40-38-36-25-23-21-19-17-15-13-11-9-7-2/h8,10,14,16,20,22,26-27,60,64H,6-7,9,11-13,15,17-19,21,23-25,28-59H2,1-5H3/p+1/b10-8-,16-14-,22-20-,27-26-. The Bertz CT molecular complexity index is 1340. The number of carboxylic acid groups (broad SMARTS) is 1. The maximum atomic E-state index is 12.9. The van der Waals surface area contributed by atoms with E-state index in [9.17, 15) is 19.5 Å². The van der Waals surface area contributed by atoms with Crippen molar-refractivity contribution in [2.75, 3.05) is 47.5 Å². The number of quaternary nitrogens is 1. The van der Waals surface area contributed by atoms with Gasteiger partial charge in [0.25, 0.3) is 6.29 Å². The Morgan fingerprint density at radius 2 is 0.781 bits per heavy atom. The second kappa shape index (κ2) is 55.5. The monoisotopic (exact) mass is 1030 g/mol. The van der Waals surface area contributed by atoms with Crippen molar-refractivity contribution < 1.29 is 42.9 Å². The molecule has 0 rings (SSSR count). The van der Waals surface area contributed by atoms with E-state index in [0.717, 1.165) is 64.2 Å². The molecule has 0 bridgehead atoms. The van der Waals surface area contributed by atoms with Gasteiger partial charge in [0.05, 0.1) is 34.4 Å². The molecule has 426 valence electrons. The molecule has 0 aliphatic heterocycles. The SMILES string of the molecule is CC/C=C\C/C=C\C/C=C\C/C=C\CCCCCCCCCCCCCCCCCCC(=O)OC(COC(=O)CCCCCCCCCCCCCCCCCCCCC)COC(OCC[N+](C)(C)C)C(=O)O. The topological polar surface area (TPSA) is 108 Å². The summed E-state index contributed by atoms with van der Waals surface area (Å²) < 4.78 is 22.9. The molecular weight excluding hydrogens is 911 g/mol. The van der Waals surface area contributed by atoms with Crippen molar-refractivity contribution in [3.05, 3.63) is 48.6 Å². The summed E-state index contributed by atoms with van der Waals surface area (Å²) in [5.74, 6) is -1.99. The van der Waals surface area contributed by atoms with Gasteiger partial charge in [-0.3, -0.25) is 9.59 Å². The molecule has 2 unspecified atom stereocenters. The summed E-state index contributed by atoms with van der Waals surface area (Å²) in [5, 5.41) is 9.71. The highest BCUT2D eigenvalue weighted by atomic mass is 16.7. The van der Waals surface area contributed by atoms with Gasteiger partial charge in [0.1, 0.15) is 13.2 Å². The molecule has 0 saturated carbocycles. The van der Waals surface area contributed by atoms with Crippen LogP contribution >= 0.6 is 0 Å². The predicted octanol–water partition coefficient (Wildman–Crippen LogP) is 18.2. The lowest BCUT2D eigenvalue weighted by atomic mass is 10.0. The molecule has 0 fully saturated rings. The summed E-state index contributed by atoms with van der Waals surface area (Å²) in [6.45, 7) is 4.81. The van der Waals surface area contributed by atoms with E-state index in [1.165, 1.54) is 193 Å². The lowest BCUT2D eigenvalue weighted by Gasteiger charge is -2.25. The summed E-state index contributed by atoms with van der Waals surface area (Å²) in [7, 11) is 5.98. The van der Waals surface area contributed by atoms with Gasteiger partial charge in [-0.15, -0.1) is 0 Å². The molecule has 73 heavy (non-hydrogen) atoms. The predicted molar refractivity (Wildman–Crippen MR) is 309 cm³/mol. The molecule has 0 radical (unpaired) electrons. The summed E-state index contributed by atoms with van der Waals surface area (Å²) >= 11 is 0. The quantitative estimate of drug-likeness (QED) is 0.0211. The number of carbonyl (C=O) groups excluding carboxylic acids is 2. The van der Waals surface area contributed by atoms with E-state index in [1.807, 2.05) is 21.1 Å². The summed E-state index contributed by atoms with van der Waals surface area (Å²) in [6.07, 6.45) is 66.2. The first-order valence-electron chi connectivity index (χ1n) is 30.8.